The molecule has 0 aliphatic heterocycles. The third-order valence-electron chi connectivity index (χ3n) is 2.92. The van der Waals surface area contributed by atoms with Crippen LogP contribution in [0, 0.1) is 0 Å². The van der Waals surface area contributed by atoms with Crippen LogP contribution in [0.3, 0.4) is 0 Å². The average molecular weight is 357 g/mol. The predicted octanol–water partition coefficient (Wildman–Crippen LogP) is 2.51. The van der Waals surface area contributed by atoms with Gasteiger partial charge in [-0.05, 0) is 24.3 Å². The predicted molar refractivity (Wildman–Crippen MR) is 83.5 cm³/mol. The molecular weight excluding hydrogens is 347 g/mol. The van der Waals surface area contributed by atoms with Crippen molar-refractivity contribution in [3.05, 3.63) is 58.7 Å². The fourth-order valence-electron chi connectivity index (χ4n) is 1.88. The van der Waals surface area contributed by atoms with Gasteiger partial charge >= 0.3 is 0 Å². The Kier molecular flexibility index (Phi) is 4.05. The molecule has 114 valence electrons. The zero-order valence-corrected chi connectivity index (χ0v) is 13.4. The van der Waals surface area contributed by atoms with Crippen molar-refractivity contribution in [1.29, 1.82) is 0 Å². The maximum atomic E-state index is 12.1. The van der Waals surface area contributed by atoms with E-state index in [-0.39, 0.29) is 16.6 Å². The van der Waals surface area contributed by atoms with Crippen molar-refractivity contribution < 1.29 is 8.42 Å². The summed E-state index contributed by atoms with van der Waals surface area (Å²) >= 11 is 11.5. The highest BCUT2D eigenvalue weighted by Gasteiger charge is 2.15. The van der Waals surface area contributed by atoms with E-state index in [1.165, 1.54) is 18.3 Å². The molecule has 9 heteroatoms. The highest BCUT2D eigenvalue weighted by atomic mass is 35.5. The van der Waals surface area contributed by atoms with Gasteiger partial charge in [0.2, 0.25) is 10.0 Å². The molecule has 6 nitrogen and oxygen atoms in total. The van der Waals surface area contributed by atoms with Gasteiger partial charge in [0, 0.05) is 18.6 Å². The zero-order valence-electron chi connectivity index (χ0n) is 11.1. The van der Waals surface area contributed by atoms with Crippen LogP contribution in [0.25, 0.3) is 5.65 Å². The topological polar surface area (TPSA) is 76.4 Å². The lowest BCUT2D eigenvalue weighted by Crippen LogP contribution is -2.23. The Hall–Kier alpha value is -1.67. The molecule has 0 saturated heterocycles. The van der Waals surface area contributed by atoms with Gasteiger partial charge in [-0.3, -0.25) is 0 Å². The normalized spacial score (nSPS) is 11.9. The summed E-state index contributed by atoms with van der Waals surface area (Å²) in [5.41, 5.74) is 1.26. The van der Waals surface area contributed by atoms with Crippen molar-refractivity contribution in [1.82, 2.24) is 19.1 Å². The Bertz CT molecular complexity index is 923. The summed E-state index contributed by atoms with van der Waals surface area (Å²) in [7, 11) is -3.67. The van der Waals surface area contributed by atoms with Crippen LogP contribution in [-0.4, -0.2) is 22.8 Å². The van der Waals surface area contributed by atoms with Crippen LogP contribution in [0.4, 0.5) is 0 Å². The Balaban J connectivity index is 1.79. The van der Waals surface area contributed by atoms with Gasteiger partial charge in [0.25, 0.3) is 0 Å². The Morgan fingerprint density at radius 1 is 1.14 bits per heavy atom. The van der Waals surface area contributed by atoms with Crippen molar-refractivity contribution >= 4 is 38.9 Å². The number of sulfonamides is 1. The van der Waals surface area contributed by atoms with E-state index >= 15 is 0 Å². The van der Waals surface area contributed by atoms with E-state index in [1.807, 2.05) is 0 Å². The minimum Gasteiger partial charge on any atom is -0.305 e. The average Bonchev–Trinajstić information content (AvgIpc) is 2.88. The second kappa shape index (κ2) is 5.85. The minimum absolute atomic E-state index is 0.0451. The number of imidazole rings is 1. The van der Waals surface area contributed by atoms with Crippen LogP contribution < -0.4 is 4.72 Å². The van der Waals surface area contributed by atoms with Crippen molar-refractivity contribution in [2.75, 3.05) is 0 Å². The van der Waals surface area contributed by atoms with E-state index < -0.39 is 10.0 Å². The third-order valence-corrected chi connectivity index (χ3v) is 4.75. The number of aromatic nitrogens is 3. The molecule has 0 spiro atoms. The molecule has 0 unspecified atom stereocenters. The molecule has 22 heavy (non-hydrogen) atoms. The van der Waals surface area contributed by atoms with E-state index in [0.29, 0.717) is 16.4 Å². The number of nitrogens with one attached hydrogen (secondary N) is 1. The first-order valence-corrected chi connectivity index (χ1v) is 8.42. The molecule has 0 aliphatic rings. The minimum atomic E-state index is -3.67. The Morgan fingerprint density at radius 3 is 2.68 bits per heavy atom. The summed E-state index contributed by atoms with van der Waals surface area (Å²) < 4.78 is 28.5. The summed E-state index contributed by atoms with van der Waals surface area (Å²) in [5, 5.41) is 0.806. The SMILES string of the molecule is O=S(=O)(NCc1cn2cc(Cl)ccc2n1)c1ccc(Cl)nc1. The third kappa shape index (κ3) is 3.22. The van der Waals surface area contributed by atoms with Gasteiger partial charge in [0.15, 0.2) is 0 Å². The zero-order chi connectivity index (χ0) is 15.7. The summed E-state index contributed by atoms with van der Waals surface area (Å²) in [6.07, 6.45) is 4.61. The molecule has 0 aliphatic carbocycles. The number of rotatable bonds is 4. The molecule has 0 bridgehead atoms. The summed E-state index contributed by atoms with van der Waals surface area (Å²) in [6, 6.07) is 6.28. The number of nitrogens with zero attached hydrogens (tertiary/aromatic N) is 3. The first-order chi connectivity index (χ1) is 10.4. The number of pyridine rings is 2. The van der Waals surface area contributed by atoms with Crippen LogP contribution in [-0.2, 0) is 16.6 Å². The Labute approximate surface area is 136 Å². The maximum absolute atomic E-state index is 12.1. The molecule has 3 rings (SSSR count). The molecule has 0 saturated carbocycles. The van der Waals surface area contributed by atoms with Gasteiger partial charge in [-0.1, -0.05) is 23.2 Å². The molecule has 3 aromatic heterocycles. The number of fused-ring (bicyclic) bond motifs is 1. The second-order valence-corrected chi connectivity index (χ2v) is 7.08. The molecule has 0 aromatic carbocycles. The van der Waals surface area contributed by atoms with Gasteiger partial charge in [-0.15, -0.1) is 0 Å². The van der Waals surface area contributed by atoms with E-state index in [9.17, 15) is 8.42 Å². The molecule has 0 radical (unpaired) electrons. The number of halogens is 2. The van der Waals surface area contributed by atoms with Gasteiger partial charge in [0.05, 0.1) is 17.3 Å². The quantitative estimate of drug-likeness (QED) is 0.728. The van der Waals surface area contributed by atoms with Gasteiger partial charge in [-0.2, -0.15) is 0 Å². The number of hydrogen-bond acceptors (Lipinski definition) is 4. The lowest BCUT2D eigenvalue weighted by Gasteiger charge is -2.04. The summed E-state index contributed by atoms with van der Waals surface area (Å²) in [5.74, 6) is 0. The molecular formula is C13H10Cl2N4O2S. The fourth-order valence-corrected chi connectivity index (χ4v) is 3.10. The standard InChI is InChI=1S/C13H10Cl2N4O2S/c14-9-1-4-13-18-10(8-19(13)7-9)5-17-22(20,21)11-2-3-12(15)16-6-11/h1-4,6-8,17H,5H2. The molecule has 0 fully saturated rings. The smallest absolute Gasteiger partial charge is 0.242 e. The Morgan fingerprint density at radius 2 is 1.95 bits per heavy atom. The molecule has 1 N–H and O–H groups in total. The van der Waals surface area contributed by atoms with Crippen molar-refractivity contribution in [3.63, 3.8) is 0 Å². The number of hydrogen-bond donors (Lipinski definition) is 1. The van der Waals surface area contributed by atoms with Gasteiger partial charge in [0.1, 0.15) is 15.7 Å². The molecule has 3 aromatic rings. The molecule has 0 amide bonds. The van der Waals surface area contributed by atoms with Crippen molar-refractivity contribution in [3.8, 4) is 0 Å². The van der Waals surface area contributed by atoms with E-state index in [0.717, 1.165) is 0 Å². The van der Waals surface area contributed by atoms with Crippen LogP contribution in [0.15, 0.2) is 47.8 Å². The summed E-state index contributed by atoms with van der Waals surface area (Å²) in [6.45, 7) is 0.0598. The van der Waals surface area contributed by atoms with Gasteiger partial charge < -0.3 is 4.40 Å². The van der Waals surface area contributed by atoms with Crippen LogP contribution in [0.2, 0.25) is 10.2 Å². The van der Waals surface area contributed by atoms with Crippen LogP contribution in [0.1, 0.15) is 5.69 Å². The van der Waals surface area contributed by atoms with Crippen LogP contribution in [0.5, 0.6) is 0 Å². The highest BCUT2D eigenvalue weighted by molar-refractivity contribution is 7.89. The molecule has 0 atom stereocenters. The van der Waals surface area contributed by atoms with Crippen LogP contribution >= 0.6 is 23.2 Å². The van der Waals surface area contributed by atoms with E-state index in [2.05, 4.69) is 14.7 Å². The summed E-state index contributed by atoms with van der Waals surface area (Å²) in [4.78, 5) is 8.11. The monoisotopic (exact) mass is 356 g/mol. The highest BCUT2D eigenvalue weighted by Crippen LogP contribution is 2.13. The van der Waals surface area contributed by atoms with Gasteiger partial charge in [-0.25, -0.2) is 23.1 Å². The lowest BCUT2D eigenvalue weighted by atomic mass is 10.5. The first-order valence-electron chi connectivity index (χ1n) is 6.18. The second-order valence-electron chi connectivity index (χ2n) is 4.49. The van der Waals surface area contributed by atoms with E-state index in [4.69, 9.17) is 23.2 Å². The molecule has 3 heterocycles. The van der Waals surface area contributed by atoms with Crippen molar-refractivity contribution in [2.45, 2.75) is 11.4 Å². The fraction of sp³-hybridized carbons (Fsp3) is 0.0769. The first kappa shape index (κ1) is 15.2. The van der Waals surface area contributed by atoms with E-state index in [1.54, 1.807) is 28.9 Å². The maximum Gasteiger partial charge on any atom is 0.242 e. The van der Waals surface area contributed by atoms with Crippen molar-refractivity contribution in [2.24, 2.45) is 0 Å². The largest absolute Gasteiger partial charge is 0.305 e. The lowest BCUT2D eigenvalue weighted by molar-refractivity contribution is 0.580.